The van der Waals surface area contributed by atoms with Crippen LogP contribution in [0.4, 0.5) is 10.1 Å². The van der Waals surface area contributed by atoms with E-state index < -0.39 is 0 Å². The van der Waals surface area contributed by atoms with Crippen LogP contribution in [-0.2, 0) is 17.6 Å². The Labute approximate surface area is 149 Å². The van der Waals surface area contributed by atoms with Gasteiger partial charge in [-0.1, -0.05) is 29.8 Å². The van der Waals surface area contributed by atoms with E-state index in [0.717, 1.165) is 5.56 Å². The zero-order chi connectivity index (χ0) is 17.8. The van der Waals surface area contributed by atoms with Gasteiger partial charge in [0.1, 0.15) is 11.6 Å². The molecule has 2 aromatic carbocycles. The molecule has 0 aliphatic carbocycles. The SMILES string of the molecule is Cc1c(F)cccc1NC(=O)Cc1n[nH]c(Cc2ccc(Cl)cc2)n1. The van der Waals surface area contributed by atoms with Crippen LogP contribution in [0.1, 0.15) is 22.8 Å². The highest BCUT2D eigenvalue weighted by molar-refractivity contribution is 6.30. The first-order chi connectivity index (χ1) is 12.0. The number of halogens is 2. The number of rotatable bonds is 5. The second-order valence-electron chi connectivity index (χ2n) is 5.64. The number of benzene rings is 2. The molecule has 2 N–H and O–H groups in total. The quantitative estimate of drug-likeness (QED) is 0.731. The molecule has 128 valence electrons. The van der Waals surface area contributed by atoms with Gasteiger partial charge in [0.25, 0.3) is 0 Å². The minimum absolute atomic E-state index is 0.00702. The number of anilines is 1. The fourth-order valence-electron chi connectivity index (χ4n) is 2.37. The summed E-state index contributed by atoms with van der Waals surface area (Å²) in [5.74, 6) is 0.384. The zero-order valence-corrected chi connectivity index (χ0v) is 14.3. The topological polar surface area (TPSA) is 70.7 Å². The number of carbonyl (C=O) groups excluding carboxylic acids is 1. The van der Waals surface area contributed by atoms with E-state index in [1.807, 2.05) is 24.3 Å². The van der Waals surface area contributed by atoms with Crippen molar-refractivity contribution < 1.29 is 9.18 Å². The molecule has 0 aliphatic rings. The van der Waals surface area contributed by atoms with Crippen LogP contribution < -0.4 is 5.32 Å². The van der Waals surface area contributed by atoms with E-state index in [2.05, 4.69) is 20.5 Å². The summed E-state index contributed by atoms with van der Waals surface area (Å²) in [7, 11) is 0. The van der Waals surface area contributed by atoms with Crippen LogP contribution >= 0.6 is 11.6 Å². The van der Waals surface area contributed by atoms with Gasteiger partial charge in [-0.25, -0.2) is 9.37 Å². The predicted octanol–water partition coefficient (Wildman–Crippen LogP) is 3.68. The lowest BCUT2D eigenvalue weighted by Gasteiger charge is -2.07. The number of H-pyrrole nitrogens is 1. The third-order valence-electron chi connectivity index (χ3n) is 3.72. The fraction of sp³-hybridized carbons (Fsp3) is 0.167. The molecule has 0 bridgehead atoms. The number of nitrogens with zero attached hydrogens (tertiary/aromatic N) is 2. The van der Waals surface area contributed by atoms with Gasteiger partial charge in [0.2, 0.25) is 5.91 Å². The van der Waals surface area contributed by atoms with Crippen molar-refractivity contribution >= 4 is 23.2 Å². The smallest absolute Gasteiger partial charge is 0.232 e. The van der Waals surface area contributed by atoms with E-state index in [1.165, 1.54) is 6.07 Å². The lowest BCUT2D eigenvalue weighted by Crippen LogP contribution is -2.16. The van der Waals surface area contributed by atoms with Gasteiger partial charge in [-0.15, -0.1) is 0 Å². The number of carbonyl (C=O) groups is 1. The van der Waals surface area contributed by atoms with Gasteiger partial charge in [-0.3, -0.25) is 9.89 Å². The summed E-state index contributed by atoms with van der Waals surface area (Å²) in [6.45, 7) is 1.61. The average molecular weight is 359 g/mol. The maximum Gasteiger partial charge on any atom is 0.232 e. The molecule has 1 heterocycles. The van der Waals surface area contributed by atoms with Gasteiger partial charge < -0.3 is 5.32 Å². The second-order valence-corrected chi connectivity index (χ2v) is 6.08. The summed E-state index contributed by atoms with van der Waals surface area (Å²) >= 11 is 5.86. The summed E-state index contributed by atoms with van der Waals surface area (Å²) in [6.07, 6.45) is 0.571. The third-order valence-corrected chi connectivity index (χ3v) is 3.98. The highest BCUT2D eigenvalue weighted by Gasteiger charge is 2.12. The first-order valence-corrected chi connectivity index (χ1v) is 8.08. The Morgan fingerprint density at radius 1 is 1.24 bits per heavy atom. The molecule has 0 spiro atoms. The first kappa shape index (κ1) is 17.1. The van der Waals surface area contributed by atoms with Gasteiger partial charge in [-0.2, -0.15) is 5.10 Å². The van der Waals surface area contributed by atoms with Crippen LogP contribution in [0.2, 0.25) is 5.02 Å². The molecular formula is C18H16ClFN4O. The third kappa shape index (κ3) is 4.42. The van der Waals surface area contributed by atoms with E-state index >= 15 is 0 Å². The van der Waals surface area contributed by atoms with E-state index in [0.29, 0.717) is 34.3 Å². The van der Waals surface area contributed by atoms with Crippen molar-refractivity contribution in [1.29, 1.82) is 0 Å². The molecule has 0 saturated carbocycles. The van der Waals surface area contributed by atoms with Gasteiger partial charge in [0, 0.05) is 22.7 Å². The van der Waals surface area contributed by atoms with Crippen molar-refractivity contribution in [2.24, 2.45) is 0 Å². The van der Waals surface area contributed by atoms with Crippen LogP contribution in [0.3, 0.4) is 0 Å². The van der Waals surface area contributed by atoms with Gasteiger partial charge in [-0.05, 0) is 36.8 Å². The average Bonchev–Trinajstić information content (AvgIpc) is 3.01. The molecule has 0 atom stereocenters. The van der Waals surface area contributed by atoms with Crippen LogP contribution in [-0.4, -0.2) is 21.1 Å². The standard InChI is InChI=1S/C18H16ClFN4O/c1-11-14(20)3-2-4-15(11)21-18(25)10-17-22-16(23-24-17)9-12-5-7-13(19)8-6-12/h2-8H,9-10H2,1H3,(H,21,25)(H,22,23,24). The van der Waals surface area contributed by atoms with Crippen LogP contribution in [0.15, 0.2) is 42.5 Å². The van der Waals surface area contributed by atoms with Crippen molar-refractivity contribution in [3.05, 3.63) is 76.1 Å². The maximum absolute atomic E-state index is 13.5. The summed E-state index contributed by atoms with van der Waals surface area (Å²) in [5.41, 5.74) is 1.88. The summed E-state index contributed by atoms with van der Waals surface area (Å²) in [6, 6.07) is 12.0. The monoisotopic (exact) mass is 358 g/mol. The largest absolute Gasteiger partial charge is 0.325 e. The normalized spacial score (nSPS) is 10.7. The molecule has 5 nitrogen and oxygen atoms in total. The molecule has 3 aromatic rings. The Morgan fingerprint density at radius 3 is 2.76 bits per heavy atom. The molecule has 0 radical (unpaired) electrons. The minimum Gasteiger partial charge on any atom is -0.325 e. The second kappa shape index (κ2) is 7.44. The summed E-state index contributed by atoms with van der Waals surface area (Å²) in [4.78, 5) is 16.4. The maximum atomic E-state index is 13.5. The zero-order valence-electron chi connectivity index (χ0n) is 13.5. The highest BCUT2D eigenvalue weighted by atomic mass is 35.5. The number of amides is 1. The van der Waals surface area contributed by atoms with Gasteiger partial charge in [0.05, 0.1) is 6.42 Å². The molecule has 0 fully saturated rings. The van der Waals surface area contributed by atoms with E-state index in [-0.39, 0.29) is 18.1 Å². The number of hydrogen-bond acceptors (Lipinski definition) is 3. The van der Waals surface area contributed by atoms with Crippen LogP contribution in [0, 0.1) is 12.7 Å². The fourth-order valence-corrected chi connectivity index (χ4v) is 2.50. The van der Waals surface area contributed by atoms with Crippen LogP contribution in [0.5, 0.6) is 0 Å². The molecular weight excluding hydrogens is 343 g/mol. The lowest BCUT2D eigenvalue weighted by atomic mass is 10.1. The van der Waals surface area contributed by atoms with Crippen molar-refractivity contribution in [3.63, 3.8) is 0 Å². The number of aromatic nitrogens is 3. The highest BCUT2D eigenvalue weighted by Crippen LogP contribution is 2.17. The van der Waals surface area contributed by atoms with E-state index in [9.17, 15) is 9.18 Å². The van der Waals surface area contributed by atoms with Gasteiger partial charge in [0.15, 0.2) is 5.82 Å². The number of nitrogens with one attached hydrogen (secondary N) is 2. The Balaban J connectivity index is 1.61. The van der Waals surface area contributed by atoms with Gasteiger partial charge >= 0.3 is 0 Å². The Hall–Kier alpha value is -2.73. The molecule has 0 unspecified atom stereocenters. The van der Waals surface area contributed by atoms with Crippen molar-refractivity contribution in [2.45, 2.75) is 19.8 Å². The Kier molecular flexibility index (Phi) is 5.09. The Bertz CT molecular complexity index is 892. The van der Waals surface area contributed by atoms with Crippen molar-refractivity contribution in [1.82, 2.24) is 15.2 Å². The summed E-state index contributed by atoms with van der Waals surface area (Å²) < 4.78 is 13.5. The van der Waals surface area contributed by atoms with E-state index in [1.54, 1.807) is 19.1 Å². The van der Waals surface area contributed by atoms with Crippen molar-refractivity contribution in [2.75, 3.05) is 5.32 Å². The lowest BCUT2D eigenvalue weighted by molar-refractivity contribution is -0.115. The molecule has 7 heteroatoms. The van der Waals surface area contributed by atoms with Crippen LogP contribution in [0.25, 0.3) is 0 Å². The molecule has 1 amide bonds. The van der Waals surface area contributed by atoms with E-state index in [4.69, 9.17) is 11.6 Å². The number of aromatic amines is 1. The molecule has 3 rings (SSSR count). The molecule has 1 aromatic heterocycles. The predicted molar refractivity (Wildman–Crippen MR) is 94.1 cm³/mol. The summed E-state index contributed by atoms with van der Waals surface area (Å²) in [5, 5.41) is 10.2. The first-order valence-electron chi connectivity index (χ1n) is 7.71. The minimum atomic E-state index is -0.360. The Morgan fingerprint density at radius 2 is 2.00 bits per heavy atom. The molecule has 25 heavy (non-hydrogen) atoms. The molecule has 0 saturated heterocycles. The van der Waals surface area contributed by atoms with Crippen molar-refractivity contribution in [3.8, 4) is 0 Å². The number of hydrogen-bond donors (Lipinski definition) is 2. The molecule has 0 aliphatic heterocycles.